The van der Waals surface area contributed by atoms with Crippen LogP contribution in [-0.4, -0.2) is 18.3 Å². The van der Waals surface area contributed by atoms with Gasteiger partial charge in [-0.15, -0.1) is 0 Å². The molecule has 1 atom stereocenters. The molecule has 1 N–H and O–H groups in total. The van der Waals surface area contributed by atoms with Crippen molar-refractivity contribution in [3.8, 4) is 5.75 Å². The molecule has 0 unspecified atom stereocenters. The lowest BCUT2D eigenvalue weighted by molar-refractivity contribution is 0.209. The van der Waals surface area contributed by atoms with Crippen LogP contribution in [0, 0.1) is 0 Å². The normalized spacial score (nSPS) is 13.3. The van der Waals surface area contributed by atoms with Crippen LogP contribution >= 0.6 is 0 Å². The van der Waals surface area contributed by atoms with Gasteiger partial charge in [-0.2, -0.15) is 0 Å². The molecule has 98 valence electrons. The average Bonchev–Trinajstić information content (AvgIpc) is 2.39. The summed E-state index contributed by atoms with van der Waals surface area (Å²) in [5.41, 5.74) is 1.25. The van der Waals surface area contributed by atoms with Crippen LogP contribution in [0.3, 0.4) is 0 Å². The highest BCUT2D eigenvalue weighted by molar-refractivity contribution is 5.28. The number of aryl methyl sites for hydroxylation is 1. The van der Waals surface area contributed by atoms with E-state index < -0.39 is 0 Å². The highest BCUT2D eigenvalue weighted by atomic mass is 16.5. The largest absolute Gasteiger partial charge is 0.497 e. The van der Waals surface area contributed by atoms with Crippen LogP contribution in [0.5, 0.6) is 5.75 Å². The van der Waals surface area contributed by atoms with Crippen molar-refractivity contribution in [3.05, 3.63) is 54.1 Å². The smallest absolute Gasteiger partial charge is 0.119 e. The summed E-state index contributed by atoms with van der Waals surface area (Å²) >= 11 is 0. The second-order valence-electron chi connectivity index (χ2n) is 4.22. The Labute approximate surface area is 110 Å². The Bertz CT molecular complexity index is 394. The van der Waals surface area contributed by atoms with Gasteiger partial charge in [0.15, 0.2) is 0 Å². The Morgan fingerprint density at radius 3 is 2.89 bits per heavy atom. The van der Waals surface area contributed by atoms with E-state index in [0.717, 1.165) is 25.0 Å². The number of hydrogen-bond acceptors (Lipinski definition) is 2. The molecule has 0 radical (unpaired) electrons. The van der Waals surface area contributed by atoms with Gasteiger partial charge in [0.25, 0.3) is 0 Å². The van der Waals surface area contributed by atoms with Crippen molar-refractivity contribution < 1.29 is 9.84 Å². The summed E-state index contributed by atoms with van der Waals surface area (Å²) in [6.07, 6.45) is 9.93. The van der Waals surface area contributed by atoms with Gasteiger partial charge in [-0.3, -0.25) is 0 Å². The zero-order chi connectivity index (χ0) is 13.2. The second kappa shape index (κ2) is 8.54. The molecule has 1 aromatic carbocycles. The lowest BCUT2D eigenvalue weighted by atomic mass is 10.1. The minimum atomic E-state index is -0.355. The lowest BCUT2D eigenvalue weighted by Crippen LogP contribution is -2.02. The first-order valence-corrected chi connectivity index (χ1v) is 6.36. The van der Waals surface area contributed by atoms with E-state index in [1.165, 1.54) is 5.56 Å². The maximum Gasteiger partial charge on any atom is 0.119 e. The molecule has 2 heteroatoms. The van der Waals surface area contributed by atoms with Gasteiger partial charge in [0.1, 0.15) is 5.75 Å². The Hall–Kier alpha value is -1.54. The summed E-state index contributed by atoms with van der Waals surface area (Å²) in [5.74, 6) is 0.890. The summed E-state index contributed by atoms with van der Waals surface area (Å²) in [4.78, 5) is 0. The number of hydrogen-bond donors (Lipinski definition) is 1. The summed E-state index contributed by atoms with van der Waals surface area (Å²) in [7, 11) is 1.68. The molecule has 2 nitrogen and oxygen atoms in total. The van der Waals surface area contributed by atoms with Gasteiger partial charge in [-0.05, 0) is 43.9 Å². The van der Waals surface area contributed by atoms with Crippen LogP contribution in [0.1, 0.15) is 25.3 Å². The Kier molecular flexibility index (Phi) is 6.89. The summed E-state index contributed by atoms with van der Waals surface area (Å²) < 4.78 is 5.18. The quantitative estimate of drug-likeness (QED) is 0.746. The van der Waals surface area contributed by atoms with E-state index >= 15 is 0 Å². The average molecular weight is 246 g/mol. The maximum absolute atomic E-state index is 9.71. The molecule has 0 aliphatic heterocycles. The Morgan fingerprint density at radius 1 is 1.33 bits per heavy atom. The SMILES string of the molecule is C/C=C/C=C/[C@@H](O)CCCc1cccc(OC)c1. The number of aliphatic hydroxyl groups excluding tert-OH is 1. The fourth-order valence-corrected chi connectivity index (χ4v) is 1.74. The van der Waals surface area contributed by atoms with E-state index in [9.17, 15) is 5.11 Å². The third-order valence-electron chi connectivity index (χ3n) is 2.74. The first-order valence-electron chi connectivity index (χ1n) is 6.36. The van der Waals surface area contributed by atoms with Crippen molar-refractivity contribution in [3.63, 3.8) is 0 Å². The van der Waals surface area contributed by atoms with Gasteiger partial charge in [0.2, 0.25) is 0 Å². The highest BCUT2D eigenvalue weighted by Crippen LogP contribution is 2.15. The molecule has 0 spiro atoms. The molecular weight excluding hydrogens is 224 g/mol. The third-order valence-corrected chi connectivity index (χ3v) is 2.74. The number of methoxy groups -OCH3 is 1. The zero-order valence-electron chi connectivity index (χ0n) is 11.2. The molecule has 0 aromatic heterocycles. The van der Waals surface area contributed by atoms with E-state index in [1.807, 2.05) is 49.4 Å². The molecule has 0 fully saturated rings. The third kappa shape index (κ3) is 5.69. The van der Waals surface area contributed by atoms with Crippen LogP contribution in [0.4, 0.5) is 0 Å². The molecule has 0 amide bonds. The minimum absolute atomic E-state index is 0.355. The Balaban J connectivity index is 2.32. The standard InChI is InChI=1S/C16H22O2/c1-3-4-5-10-15(17)11-6-8-14-9-7-12-16(13-14)18-2/h3-5,7,9-10,12-13,15,17H,6,8,11H2,1-2H3/b4-3+,10-5+/t15-/m1/s1. The maximum atomic E-state index is 9.71. The molecule has 0 heterocycles. The first-order chi connectivity index (χ1) is 8.76. The second-order valence-corrected chi connectivity index (χ2v) is 4.22. The van der Waals surface area contributed by atoms with Crippen LogP contribution < -0.4 is 4.74 Å². The van der Waals surface area contributed by atoms with Crippen molar-refractivity contribution in [2.24, 2.45) is 0 Å². The predicted molar refractivity (Wildman–Crippen MR) is 75.9 cm³/mol. The highest BCUT2D eigenvalue weighted by Gasteiger charge is 2.00. The van der Waals surface area contributed by atoms with Gasteiger partial charge in [-0.25, -0.2) is 0 Å². The number of ether oxygens (including phenoxy) is 1. The molecule has 0 saturated carbocycles. The fraction of sp³-hybridized carbons (Fsp3) is 0.375. The molecule has 1 aromatic rings. The van der Waals surface area contributed by atoms with Crippen molar-refractivity contribution in [1.29, 1.82) is 0 Å². The minimum Gasteiger partial charge on any atom is -0.497 e. The van der Waals surface area contributed by atoms with Gasteiger partial charge < -0.3 is 9.84 Å². The topological polar surface area (TPSA) is 29.5 Å². The van der Waals surface area contributed by atoms with E-state index in [-0.39, 0.29) is 6.10 Å². The molecule has 18 heavy (non-hydrogen) atoms. The monoisotopic (exact) mass is 246 g/mol. The first kappa shape index (κ1) is 14.5. The van der Waals surface area contributed by atoms with Gasteiger partial charge in [-0.1, -0.05) is 36.4 Å². The van der Waals surface area contributed by atoms with Crippen molar-refractivity contribution >= 4 is 0 Å². The van der Waals surface area contributed by atoms with Crippen LogP contribution in [0.25, 0.3) is 0 Å². The van der Waals surface area contributed by atoms with Crippen molar-refractivity contribution in [1.82, 2.24) is 0 Å². The number of benzene rings is 1. The molecule has 0 saturated heterocycles. The number of rotatable bonds is 7. The van der Waals surface area contributed by atoms with Gasteiger partial charge >= 0.3 is 0 Å². The Morgan fingerprint density at radius 2 is 2.17 bits per heavy atom. The van der Waals surface area contributed by atoms with Crippen LogP contribution in [-0.2, 0) is 6.42 Å². The fourth-order valence-electron chi connectivity index (χ4n) is 1.74. The van der Waals surface area contributed by atoms with Crippen molar-refractivity contribution in [2.45, 2.75) is 32.3 Å². The number of allylic oxidation sites excluding steroid dienone is 3. The lowest BCUT2D eigenvalue weighted by Gasteiger charge is -2.06. The molecular formula is C16H22O2. The summed E-state index contributed by atoms with van der Waals surface area (Å²) in [6, 6.07) is 8.07. The van der Waals surface area contributed by atoms with E-state index in [2.05, 4.69) is 6.07 Å². The summed E-state index contributed by atoms with van der Waals surface area (Å²) in [5, 5.41) is 9.71. The molecule has 0 aliphatic rings. The molecule has 0 aliphatic carbocycles. The van der Waals surface area contributed by atoms with E-state index in [4.69, 9.17) is 4.74 Å². The number of aliphatic hydroxyl groups is 1. The van der Waals surface area contributed by atoms with Crippen LogP contribution in [0.2, 0.25) is 0 Å². The van der Waals surface area contributed by atoms with Crippen molar-refractivity contribution in [2.75, 3.05) is 7.11 Å². The van der Waals surface area contributed by atoms with E-state index in [1.54, 1.807) is 7.11 Å². The van der Waals surface area contributed by atoms with Crippen LogP contribution in [0.15, 0.2) is 48.6 Å². The molecule has 1 rings (SSSR count). The zero-order valence-corrected chi connectivity index (χ0v) is 11.2. The van der Waals surface area contributed by atoms with Gasteiger partial charge in [0, 0.05) is 0 Å². The summed E-state index contributed by atoms with van der Waals surface area (Å²) in [6.45, 7) is 1.96. The predicted octanol–water partition coefficient (Wildman–Crippen LogP) is 3.51. The van der Waals surface area contributed by atoms with Gasteiger partial charge in [0.05, 0.1) is 13.2 Å². The van der Waals surface area contributed by atoms with E-state index in [0.29, 0.717) is 0 Å². The molecule has 0 bridgehead atoms.